The van der Waals surface area contributed by atoms with Gasteiger partial charge >= 0.3 is 0 Å². The Bertz CT molecular complexity index is 741. The van der Waals surface area contributed by atoms with E-state index in [1.165, 1.54) is 0 Å². The van der Waals surface area contributed by atoms with Crippen LogP contribution in [0, 0.1) is 0 Å². The third-order valence-corrected chi connectivity index (χ3v) is 8.46. The van der Waals surface area contributed by atoms with E-state index in [0.29, 0.717) is 19.6 Å². The first-order chi connectivity index (χ1) is 11.3. The molecule has 1 N–H and O–H groups in total. The van der Waals surface area contributed by atoms with Crippen molar-refractivity contribution in [1.82, 2.24) is 5.32 Å². The Morgan fingerprint density at radius 3 is 2.46 bits per heavy atom. The maximum Gasteiger partial charge on any atom is 0.183 e. The van der Waals surface area contributed by atoms with Crippen molar-refractivity contribution >= 4 is 19.7 Å². The van der Waals surface area contributed by atoms with Crippen LogP contribution in [-0.4, -0.2) is 59.9 Å². The molecule has 0 unspecified atom stereocenters. The smallest absolute Gasteiger partial charge is 0.183 e. The molecule has 1 aromatic rings. The highest BCUT2D eigenvalue weighted by atomic mass is 32.2. The summed E-state index contributed by atoms with van der Waals surface area (Å²) < 4.78 is 54.7. The fraction of sp³-hybridized carbons (Fsp3) is 0.625. The molecule has 1 aliphatic rings. The fourth-order valence-corrected chi connectivity index (χ4v) is 7.62. The number of sulfone groups is 2. The summed E-state index contributed by atoms with van der Waals surface area (Å²) in [4.78, 5) is 0.186. The Labute approximate surface area is 144 Å². The quantitative estimate of drug-likeness (QED) is 0.677. The summed E-state index contributed by atoms with van der Waals surface area (Å²) in [6.45, 7) is 3.06. The molecule has 0 spiro atoms. The van der Waals surface area contributed by atoms with Crippen LogP contribution in [0.1, 0.15) is 18.9 Å². The van der Waals surface area contributed by atoms with Gasteiger partial charge in [-0.1, -0.05) is 19.1 Å². The zero-order chi connectivity index (χ0) is 17.8. The Kier molecular flexibility index (Phi) is 6.41. The van der Waals surface area contributed by atoms with Gasteiger partial charge in [0.15, 0.2) is 19.7 Å². The Morgan fingerprint density at radius 1 is 1.21 bits per heavy atom. The molecule has 2 rings (SSSR count). The molecule has 1 saturated heterocycles. The average Bonchev–Trinajstić information content (AvgIpc) is 2.87. The van der Waals surface area contributed by atoms with Gasteiger partial charge in [-0.3, -0.25) is 0 Å². The van der Waals surface area contributed by atoms with Gasteiger partial charge in [-0.2, -0.15) is 0 Å². The first-order valence-electron chi connectivity index (χ1n) is 8.05. The molecule has 136 valence electrons. The van der Waals surface area contributed by atoms with Crippen LogP contribution < -0.4 is 5.32 Å². The SMILES string of the molecule is CCc1ccc(S(=O)(=O)[C@H]2CS(=O)(=O)C[C@H]2NCCCOC)cc1. The second-order valence-electron chi connectivity index (χ2n) is 6.06. The van der Waals surface area contributed by atoms with Crippen molar-refractivity contribution < 1.29 is 21.6 Å². The van der Waals surface area contributed by atoms with Crippen LogP contribution in [0.25, 0.3) is 0 Å². The molecule has 1 aliphatic heterocycles. The van der Waals surface area contributed by atoms with Gasteiger partial charge < -0.3 is 10.1 Å². The van der Waals surface area contributed by atoms with Crippen molar-refractivity contribution in [2.45, 2.75) is 36.0 Å². The second kappa shape index (κ2) is 7.95. The van der Waals surface area contributed by atoms with E-state index in [0.717, 1.165) is 12.0 Å². The molecular weight excluding hydrogens is 350 g/mol. The van der Waals surface area contributed by atoms with Gasteiger partial charge in [0.25, 0.3) is 0 Å². The van der Waals surface area contributed by atoms with Crippen molar-refractivity contribution in [3.63, 3.8) is 0 Å². The van der Waals surface area contributed by atoms with Crippen LogP contribution >= 0.6 is 0 Å². The monoisotopic (exact) mass is 375 g/mol. The number of nitrogens with one attached hydrogen (secondary N) is 1. The maximum atomic E-state index is 12.9. The molecule has 1 heterocycles. The van der Waals surface area contributed by atoms with Crippen molar-refractivity contribution in [3.8, 4) is 0 Å². The van der Waals surface area contributed by atoms with E-state index in [1.54, 1.807) is 31.4 Å². The summed E-state index contributed by atoms with van der Waals surface area (Å²) in [5.74, 6) is -0.469. The molecule has 0 aliphatic carbocycles. The molecule has 1 aromatic carbocycles. The van der Waals surface area contributed by atoms with E-state index in [4.69, 9.17) is 4.74 Å². The number of rotatable bonds is 8. The summed E-state index contributed by atoms with van der Waals surface area (Å²) in [5.41, 5.74) is 1.04. The van der Waals surface area contributed by atoms with E-state index < -0.39 is 31.0 Å². The number of hydrogen-bond donors (Lipinski definition) is 1. The Balaban J connectivity index is 2.20. The minimum Gasteiger partial charge on any atom is -0.385 e. The summed E-state index contributed by atoms with van der Waals surface area (Å²) >= 11 is 0. The van der Waals surface area contributed by atoms with Gasteiger partial charge in [-0.05, 0) is 37.1 Å². The van der Waals surface area contributed by atoms with Gasteiger partial charge in [0.2, 0.25) is 0 Å². The molecule has 0 aromatic heterocycles. The number of methoxy groups -OCH3 is 1. The van der Waals surface area contributed by atoms with E-state index in [2.05, 4.69) is 5.32 Å². The molecule has 0 saturated carbocycles. The molecule has 0 amide bonds. The van der Waals surface area contributed by atoms with E-state index in [-0.39, 0.29) is 16.4 Å². The standard InChI is InChI=1S/C16H25NO5S2/c1-3-13-5-7-14(8-6-13)24(20,21)16-12-23(18,19)11-15(16)17-9-4-10-22-2/h5-8,15-17H,3-4,9-12H2,1-2H3/t15-,16+/m1/s1. The highest BCUT2D eigenvalue weighted by Crippen LogP contribution is 2.26. The maximum absolute atomic E-state index is 12.9. The van der Waals surface area contributed by atoms with Crippen molar-refractivity contribution in [2.24, 2.45) is 0 Å². The normalized spacial score (nSPS) is 23.4. The van der Waals surface area contributed by atoms with Gasteiger partial charge in [-0.15, -0.1) is 0 Å². The highest BCUT2D eigenvalue weighted by molar-refractivity contribution is 7.96. The lowest BCUT2D eigenvalue weighted by Gasteiger charge is -2.20. The van der Waals surface area contributed by atoms with Crippen LogP contribution in [0.5, 0.6) is 0 Å². The number of ether oxygens (including phenoxy) is 1. The van der Waals surface area contributed by atoms with Crippen molar-refractivity contribution in [3.05, 3.63) is 29.8 Å². The zero-order valence-electron chi connectivity index (χ0n) is 14.1. The minimum atomic E-state index is -3.70. The number of hydrogen-bond acceptors (Lipinski definition) is 6. The average molecular weight is 376 g/mol. The predicted octanol–water partition coefficient (Wildman–Crippen LogP) is 0.814. The Hall–Kier alpha value is -0.960. The third-order valence-electron chi connectivity index (χ3n) is 4.29. The van der Waals surface area contributed by atoms with Gasteiger partial charge in [0.1, 0.15) is 0 Å². The van der Waals surface area contributed by atoms with Crippen LogP contribution in [0.4, 0.5) is 0 Å². The molecule has 2 atom stereocenters. The fourth-order valence-electron chi connectivity index (χ4n) is 2.91. The van der Waals surface area contributed by atoms with Gasteiger partial charge in [0, 0.05) is 19.8 Å². The third kappa shape index (κ3) is 4.56. The first kappa shape index (κ1) is 19.4. The number of aryl methyl sites for hydroxylation is 1. The van der Waals surface area contributed by atoms with E-state index in [9.17, 15) is 16.8 Å². The van der Waals surface area contributed by atoms with Crippen LogP contribution in [-0.2, 0) is 30.8 Å². The molecule has 0 bridgehead atoms. The van der Waals surface area contributed by atoms with Crippen LogP contribution in [0.15, 0.2) is 29.2 Å². The lowest BCUT2D eigenvalue weighted by atomic mass is 10.2. The lowest BCUT2D eigenvalue weighted by molar-refractivity contribution is 0.193. The van der Waals surface area contributed by atoms with E-state index in [1.807, 2.05) is 6.92 Å². The molecular formula is C16H25NO5S2. The molecule has 6 nitrogen and oxygen atoms in total. The number of benzene rings is 1. The Morgan fingerprint density at radius 2 is 1.88 bits per heavy atom. The second-order valence-corrected chi connectivity index (χ2v) is 10.4. The summed E-state index contributed by atoms with van der Waals surface area (Å²) in [7, 11) is -5.47. The minimum absolute atomic E-state index is 0.142. The van der Waals surface area contributed by atoms with Crippen molar-refractivity contribution in [1.29, 1.82) is 0 Å². The summed E-state index contributed by atoms with van der Waals surface area (Å²) in [6.07, 6.45) is 1.52. The predicted molar refractivity (Wildman–Crippen MR) is 93.7 cm³/mol. The summed E-state index contributed by atoms with van der Waals surface area (Å²) in [6, 6.07) is 6.11. The van der Waals surface area contributed by atoms with Gasteiger partial charge in [0.05, 0.1) is 21.7 Å². The lowest BCUT2D eigenvalue weighted by Crippen LogP contribution is -2.43. The first-order valence-corrected chi connectivity index (χ1v) is 11.4. The molecule has 1 fully saturated rings. The van der Waals surface area contributed by atoms with Crippen LogP contribution in [0.3, 0.4) is 0 Å². The van der Waals surface area contributed by atoms with Crippen molar-refractivity contribution in [2.75, 3.05) is 31.8 Å². The summed E-state index contributed by atoms with van der Waals surface area (Å²) in [5, 5.41) is 2.14. The van der Waals surface area contributed by atoms with Gasteiger partial charge in [-0.25, -0.2) is 16.8 Å². The highest BCUT2D eigenvalue weighted by Gasteiger charge is 2.45. The topological polar surface area (TPSA) is 89.5 Å². The molecule has 0 radical (unpaired) electrons. The molecule has 24 heavy (non-hydrogen) atoms. The largest absolute Gasteiger partial charge is 0.385 e. The molecule has 8 heteroatoms. The zero-order valence-corrected chi connectivity index (χ0v) is 15.7. The van der Waals surface area contributed by atoms with E-state index >= 15 is 0 Å². The van der Waals surface area contributed by atoms with Crippen LogP contribution in [0.2, 0.25) is 0 Å².